The lowest BCUT2D eigenvalue weighted by molar-refractivity contribution is 0.182. The lowest BCUT2D eigenvalue weighted by atomic mass is 10.1. The van der Waals surface area contributed by atoms with E-state index in [1.807, 2.05) is 6.92 Å². The molecule has 124 valence electrons. The van der Waals surface area contributed by atoms with Crippen molar-refractivity contribution < 1.29 is 18.3 Å². The predicted molar refractivity (Wildman–Crippen MR) is 89.2 cm³/mol. The number of benzene rings is 2. The first-order chi connectivity index (χ1) is 10.9. The Morgan fingerprint density at radius 3 is 2.30 bits per heavy atom. The first-order valence-electron chi connectivity index (χ1n) is 7.08. The van der Waals surface area contributed by atoms with Gasteiger partial charge in [0.25, 0.3) is 0 Å². The molecule has 2 N–H and O–H groups in total. The van der Waals surface area contributed by atoms with Crippen molar-refractivity contribution in [1.82, 2.24) is 4.72 Å². The van der Waals surface area contributed by atoms with Gasteiger partial charge in [-0.1, -0.05) is 23.7 Å². The molecule has 23 heavy (non-hydrogen) atoms. The summed E-state index contributed by atoms with van der Waals surface area (Å²) in [5, 5.41) is 10.6. The first kappa shape index (κ1) is 17.7. The van der Waals surface area contributed by atoms with Gasteiger partial charge in [0.15, 0.2) is 0 Å². The molecule has 0 heterocycles. The fourth-order valence-electron chi connectivity index (χ4n) is 1.96. The summed E-state index contributed by atoms with van der Waals surface area (Å²) in [6.07, 6.45) is -0.954. The van der Waals surface area contributed by atoms with Gasteiger partial charge in [-0.2, -0.15) is 0 Å². The van der Waals surface area contributed by atoms with Crippen molar-refractivity contribution in [1.29, 1.82) is 0 Å². The summed E-state index contributed by atoms with van der Waals surface area (Å²) in [4.78, 5) is 0.115. The summed E-state index contributed by atoms with van der Waals surface area (Å²) in [5.74, 6) is 0.604. The van der Waals surface area contributed by atoms with Crippen LogP contribution in [0.4, 0.5) is 0 Å². The van der Waals surface area contributed by atoms with Crippen LogP contribution in [0.2, 0.25) is 5.02 Å². The smallest absolute Gasteiger partial charge is 0.240 e. The van der Waals surface area contributed by atoms with Crippen LogP contribution in [0.15, 0.2) is 53.4 Å². The van der Waals surface area contributed by atoms with Crippen LogP contribution in [0.5, 0.6) is 5.75 Å². The van der Waals surface area contributed by atoms with Crippen LogP contribution in [-0.4, -0.2) is 26.7 Å². The third-order valence-electron chi connectivity index (χ3n) is 3.17. The van der Waals surface area contributed by atoms with Crippen molar-refractivity contribution in [2.75, 3.05) is 13.2 Å². The summed E-state index contributed by atoms with van der Waals surface area (Å²) < 4.78 is 32.1. The van der Waals surface area contributed by atoms with E-state index in [1.165, 1.54) is 12.1 Å². The number of hydrogen-bond donors (Lipinski definition) is 2. The second-order valence-corrected chi connectivity index (χ2v) is 7.03. The van der Waals surface area contributed by atoms with E-state index in [0.717, 1.165) is 0 Å². The van der Waals surface area contributed by atoms with Gasteiger partial charge in [-0.3, -0.25) is 0 Å². The SMILES string of the molecule is CCOc1ccc(S(=O)(=O)NCC(O)c2ccc(Cl)cc2)cc1. The molecule has 2 aromatic carbocycles. The van der Waals surface area contributed by atoms with Crippen LogP contribution in [0.25, 0.3) is 0 Å². The van der Waals surface area contributed by atoms with Crippen LogP contribution in [0, 0.1) is 0 Å². The molecule has 0 aliphatic heterocycles. The van der Waals surface area contributed by atoms with Crippen LogP contribution in [0.3, 0.4) is 0 Å². The Labute approximate surface area is 140 Å². The van der Waals surface area contributed by atoms with Gasteiger partial charge in [-0.15, -0.1) is 0 Å². The number of sulfonamides is 1. The number of ether oxygens (including phenoxy) is 1. The largest absolute Gasteiger partial charge is 0.494 e. The van der Waals surface area contributed by atoms with Gasteiger partial charge < -0.3 is 9.84 Å². The van der Waals surface area contributed by atoms with Gasteiger partial charge in [-0.25, -0.2) is 13.1 Å². The van der Waals surface area contributed by atoms with Crippen LogP contribution >= 0.6 is 11.6 Å². The maximum atomic E-state index is 12.2. The lowest BCUT2D eigenvalue weighted by Crippen LogP contribution is -2.28. The number of aliphatic hydroxyl groups excluding tert-OH is 1. The van der Waals surface area contributed by atoms with E-state index < -0.39 is 16.1 Å². The Morgan fingerprint density at radius 2 is 1.74 bits per heavy atom. The van der Waals surface area contributed by atoms with Crippen molar-refractivity contribution in [3.8, 4) is 5.75 Å². The van der Waals surface area contributed by atoms with E-state index in [2.05, 4.69) is 4.72 Å². The molecule has 1 atom stereocenters. The Bertz CT molecular complexity index is 730. The molecule has 0 saturated heterocycles. The van der Waals surface area contributed by atoms with E-state index in [1.54, 1.807) is 36.4 Å². The maximum Gasteiger partial charge on any atom is 0.240 e. The Hall–Kier alpha value is -1.60. The van der Waals surface area contributed by atoms with E-state index in [9.17, 15) is 13.5 Å². The standard InChI is InChI=1S/C16H18ClNO4S/c1-2-22-14-7-9-15(10-8-14)23(20,21)18-11-16(19)12-3-5-13(17)6-4-12/h3-10,16,18-19H,2,11H2,1H3. The molecular formula is C16H18ClNO4S. The number of hydrogen-bond acceptors (Lipinski definition) is 4. The van der Waals surface area contributed by atoms with E-state index in [-0.39, 0.29) is 11.4 Å². The van der Waals surface area contributed by atoms with Crippen molar-refractivity contribution in [2.45, 2.75) is 17.9 Å². The van der Waals surface area contributed by atoms with Crippen molar-refractivity contribution >= 4 is 21.6 Å². The summed E-state index contributed by atoms with van der Waals surface area (Å²) in [6, 6.07) is 12.7. The zero-order chi connectivity index (χ0) is 16.9. The fraction of sp³-hybridized carbons (Fsp3) is 0.250. The molecule has 0 bridgehead atoms. The summed E-state index contributed by atoms with van der Waals surface area (Å²) in [6.45, 7) is 2.24. The Balaban J connectivity index is 2.01. The average Bonchev–Trinajstić information content (AvgIpc) is 2.54. The number of aliphatic hydroxyl groups is 1. The monoisotopic (exact) mass is 355 g/mol. The molecule has 2 aromatic rings. The van der Waals surface area contributed by atoms with Crippen LogP contribution < -0.4 is 9.46 Å². The molecule has 0 radical (unpaired) electrons. The average molecular weight is 356 g/mol. The molecular weight excluding hydrogens is 338 g/mol. The number of nitrogens with one attached hydrogen (secondary N) is 1. The number of halogens is 1. The lowest BCUT2D eigenvalue weighted by Gasteiger charge is -2.13. The molecule has 0 amide bonds. The second-order valence-electron chi connectivity index (χ2n) is 4.82. The molecule has 2 rings (SSSR count). The molecule has 0 saturated carbocycles. The highest BCUT2D eigenvalue weighted by Crippen LogP contribution is 2.18. The van der Waals surface area contributed by atoms with Crippen LogP contribution in [0.1, 0.15) is 18.6 Å². The van der Waals surface area contributed by atoms with Crippen molar-refractivity contribution in [3.63, 3.8) is 0 Å². The van der Waals surface area contributed by atoms with E-state index in [4.69, 9.17) is 16.3 Å². The number of rotatable bonds is 7. The highest BCUT2D eigenvalue weighted by Gasteiger charge is 2.16. The van der Waals surface area contributed by atoms with Gasteiger partial charge >= 0.3 is 0 Å². The second kappa shape index (κ2) is 7.79. The Kier molecular flexibility index (Phi) is 6.01. The molecule has 0 aliphatic rings. The minimum Gasteiger partial charge on any atom is -0.494 e. The van der Waals surface area contributed by atoms with Crippen molar-refractivity contribution in [2.24, 2.45) is 0 Å². The van der Waals surface area contributed by atoms with Gasteiger partial charge in [0.2, 0.25) is 10.0 Å². The quantitative estimate of drug-likeness (QED) is 0.800. The third-order valence-corrected chi connectivity index (χ3v) is 4.86. The van der Waals surface area contributed by atoms with Gasteiger partial charge in [0.05, 0.1) is 17.6 Å². The molecule has 5 nitrogen and oxygen atoms in total. The predicted octanol–water partition coefficient (Wildman–Crippen LogP) is 2.75. The molecule has 1 unspecified atom stereocenters. The fourth-order valence-corrected chi connectivity index (χ4v) is 3.12. The van der Waals surface area contributed by atoms with Crippen LogP contribution in [-0.2, 0) is 10.0 Å². The highest BCUT2D eigenvalue weighted by molar-refractivity contribution is 7.89. The molecule has 0 aliphatic carbocycles. The summed E-state index contributed by atoms with van der Waals surface area (Å²) in [7, 11) is -3.69. The molecule has 0 fully saturated rings. The van der Waals surface area contributed by atoms with E-state index in [0.29, 0.717) is 22.9 Å². The van der Waals surface area contributed by atoms with Gasteiger partial charge in [0.1, 0.15) is 5.75 Å². The molecule has 7 heteroatoms. The zero-order valence-electron chi connectivity index (χ0n) is 12.6. The normalized spacial score (nSPS) is 12.8. The summed E-state index contributed by atoms with van der Waals surface area (Å²) >= 11 is 5.78. The highest BCUT2D eigenvalue weighted by atomic mass is 35.5. The van der Waals surface area contributed by atoms with Gasteiger partial charge in [-0.05, 0) is 48.9 Å². The molecule has 0 spiro atoms. The third kappa shape index (κ3) is 4.94. The van der Waals surface area contributed by atoms with Crippen molar-refractivity contribution in [3.05, 3.63) is 59.1 Å². The minimum atomic E-state index is -3.69. The van der Waals surface area contributed by atoms with Gasteiger partial charge in [0, 0.05) is 11.6 Å². The molecule has 0 aromatic heterocycles. The maximum absolute atomic E-state index is 12.2. The zero-order valence-corrected chi connectivity index (χ0v) is 14.1. The topological polar surface area (TPSA) is 75.6 Å². The van der Waals surface area contributed by atoms with E-state index >= 15 is 0 Å². The Morgan fingerprint density at radius 1 is 1.13 bits per heavy atom. The minimum absolute atomic E-state index is 0.115. The summed E-state index contributed by atoms with van der Waals surface area (Å²) in [5.41, 5.74) is 0.587. The first-order valence-corrected chi connectivity index (χ1v) is 8.94.